The molecule has 0 saturated carbocycles. The van der Waals surface area contributed by atoms with Gasteiger partial charge in [0.1, 0.15) is 13.2 Å². The van der Waals surface area contributed by atoms with E-state index < -0.39 is 6.10 Å². The number of rotatable bonds is 66. The van der Waals surface area contributed by atoms with Gasteiger partial charge in [-0.15, -0.1) is 0 Å². The van der Waals surface area contributed by atoms with Gasteiger partial charge in [-0.3, -0.25) is 14.4 Å². The number of carbonyl (C=O) groups excluding carboxylic acids is 3. The van der Waals surface area contributed by atoms with E-state index in [0.717, 1.165) is 70.6 Å². The van der Waals surface area contributed by atoms with Gasteiger partial charge < -0.3 is 14.2 Å². The van der Waals surface area contributed by atoms with E-state index in [0.29, 0.717) is 19.3 Å². The predicted octanol–water partition coefficient (Wildman–Crippen LogP) is 24.5. The zero-order valence-electron chi connectivity index (χ0n) is 53.9. The minimum absolute atomic E-state index is 0.0718. The van der Waals surface area contributed by atoms with Gasteiger partial charge in [-0.2, -0.15) is 0 Å². The molecule has 0 heterocycles. The summed E-state index contributed by atoms with van der Waals surface area (Å²) in [6.07, 6.45) is 87.0. The van der Waals surface area contributed by atoms with Gasteiger partial charge in [-0.05, 0) is 83.5 Å². The monoisotopic (exact) mass is 1120 g/mol. The van der Waals surface area contributed by atoms with Crippen molar-refractivity contribution in [2.45, 2.75) is 393 Å². The van der Waals surface area contributed by atoms with E-state index in [1.807, 2.05) is 0 Å². The van der Waals surface area contributed by atoms with Crippen molar-refractivity contribution in [1.29, 1.82) is 0 Å². The Labute approximate surface area is 498 Å². The van der Waals surface area contributed by atoms with E-state index in [1.165, 1.54) is 276 Å². The van der Waals surface area contributed by atoms with Gasteiger partial charge in [0.25, 0.3) is 0 Å². The first-order valence-corrected chi connectivity index (χ1v) is 35.6. The fourth-order valence-electron chi connectivity index (χ4n) is 10.7. The number of hydrogen-bond acceptors (Lipinski definition) is 6. The summed E-state index contributed by atoms with van der Waals surface area (Å²) in [6, 6.07) is 0. The molecule has 6 nitrogen and oxygen atoms in total. The van der Waals surface area contributed by atoms with Crippen molar-refractivity contribution < 1.29 is 28.6 Å². The lowest BCUT2D eigenvalue weighted by atomic mass is 10.0. The Balaban J connectivity index is 4.33. The Hall–Kier alpha value is -2.63. The smallest absolute Gasteiger partial charge is 0.306 e. The molecule has 0 aromatic rings. The Morgan fingerprint density at radius 1 is 0.250 bits per heavy atom. The third kappa shape index (κ3) is 66.2. The summed E-state index contributed by atoms with van der Waals surface area (Å²) in [5, 5.41) is 0. The van der Waals surface area contributed by atoms with Gasteiger partial charge >= 0.3 is 17.9 Å². The highest BCUT2D eigenvalue weighted by molar-refractivity contribution is 5.71. The fraction of sp³-hybridized carbons (Fsp3) is 0.851. The van der Waals surface area contributed by atoms with Crippen molar-refractivity contribution in [3.8, 4) is 0 Å². The van der Waals surface area contributed by atoms with E-state index >= 15 is 0 Å². The average molecular weight is 1120 g/mol. The first-order chi connectivity index (χ1) is 39.5. The van der Waals surface area contributed by atoms with Crippen molar-refractivity contribution in [2.75, 3.05) is 13.2 Å². The molecule has 0 aromatic carbocycles. The quantitative estimate of drug-likeness (QED) is 0.0261. The molecule has 0 aliphatic rings. The summed E-state index contributed by atoms with van der Waals surface area (Å²) in [5.41, 5.74) is 0. The van der Waals surface area contributed by atoms with Crippen molar-refractivity contribution in [2.24, 2.45) is 0 Å². The Kier molecular flexibility index (Phi) is 66.6. The van der Waals surface area contributed by atoms with Crippen LogP contribution in [-0.2, 0) is 28.6 Å². The molecule has 0 rings (SSSR count). The molecule has 0 aromatic heterocycles. The maximum absolute atomic E-state index is 13.0. The van der Waals surface area contributed by atoms with Gasteiger partial charge in [-0.1, -0.05) is 333 Å². The minimum atomic E-state index is -0.777. The number of ether oxygens (including phenoxy) is 3. The van der Waals surface area contributed by atoms with Crippen molar-refractivity contribution >= 4 is 17.9 Å². The molecule has 468 valence electrons. The van der Waals surface area contributed by atoms with Crippen LogP contribution in [-0.4, -0.2) is 37.2 Å². The van der Waals surface area contributed by atoms with Crippen LogP contribution in [0.1, 0.15) is 387 Å². The third-order valence-electron chi connectivity index (χ3n) is 16.1. The van der Waals surface area contributed by atoms with Crippen LogP contribution in [0.3, 0.4) is 0 Å². The molecule has 0 spiro atoms. The number of carbonyl (C=O) groups is 3. The lowest BCUT2D eigenvalue weighted by Gasteiger charge is -2.18. The molecule has 80 heavy (non-hydrogen) atoms. The number of esters is 3. The van der Waals surface area contributed by atoms with E-state index in [2.05, 4.69) is 69.4 Å². The molecule has 0 aliphatic carbocycles. The van der Waals surface area contributed by atoms with E-state index in [4.69, 9.17) is 14.2 Å². The Bertz CT molecular complexity index is 1380. The maximum atomic E-state index is 13.0. The summed E-state index contributed by atoms with van der Waals surface area (Å²) in [6.45, 7) is 6.67. The highest BCUT2D eigenvalue weighted by Crippen LogP contribution is 2.18. The van der Waals surface area contributed by atoms with Crippen LogP contribution in [0.15, 0.2) is 48.6 Å². The van der Waals surface area contributed by atoms with Crippen LogP contribution in [0, 0.1) is 0 Å². The Morgan fingerprint density at radius 3 is 0.713 bits per heavy atom. The van der Waals surface area contributed by atoms with E-state index in [-0.39, 0.29) is 31.1 Å². The molecule has 1 atom stereocenters. The Morgan fingerprint density at radius 2 is 0.450 bits per heavy atom. The van der Waals surface area contributed by atoms with E-state index in [1.54, 1.807) is 0 Å². The maximum Gasteiger partial charge on any atom is 0.306 e. The van der Waals surface area contributed by atoms with Crippen LogP contribution >= 0.6 is 0 Å². The molecule has 0 aliphatic heterocycles. The van der Waals surface area contributed by atoms with Gasteiger partial charge in [0.15, 0.2) is 6.10 Å². The highest BCUT2D eigenvalue weighted by Gasteiger charge is 2.19. The summed E-state index contributed by atoms with van der Waals surface area (Å²) < 4.78 is 17.0. The van der Waals surface area contributed by atoms with Crippen LogP contribution in [0.4, 0.5) is 0 Å². The number of allylic oxidation sites excluding steroid dienone is 8. The molecule has 0 amide bonds. The molecule has 1 unspecified atom stereocenters. The highest BCUT2D eigenvalue weighted by atomic mass is 16.6. The molecule has 6 heteroatoms. The fourth-order valence-corrected chi connectivity index (χ4v) is 10.7. The zero-order chi connectivity index (χ0) is 57.8. The van der Waals surface area contributed by atoms with Crippen LogP contribution < -0.4 is 0 Å². The lowest BCUT2D eigenvalue weighted by molar-refractivity contribution is -0.167. The number of hydrogen-bond donors (Lipinski definition) is 0. The molecule has 0 fully saturated rings. The van der Waals surface area contributed by atoms with Gasteiger partial charge in [0, 0.05) is 19.3 Å². The molecule has 0 saturated heterocycles. The molecule has 0 N–H and O–H groups in total. The van der Waals surface area contributed by atoms with Crippen LogP contribution in [0.5, 0.6) is 0 Å². The number of unbranched alkanes of at least 4 members (excludes halogenated alkanes) is 47. The van der Waals surface area contributed by atoms with Crippen molar-refractivity contribution in [3.63, 3.8) is 0 Å². The molecular weight excluding hydrogens is 985 g/mol. The second kappa shape index (κ2) is 68.9. The second-order valence-corrected chi connectivity index (χ2v) is 24.1. The second-order valence-electron chi connectivity index (χ2n) is 24.1. The predicted molar refractivity (Wildman–Crippen MR) is 349 cm³/mol. The van der Waals surface area contributed by atoms with Gasteiger partial charge in [0.2, 0.25) is 0 Å². The van der Waals surface area contributed by atoms with Crippen molar-refractivity contribution in [3.05, 3.63) is 48.6 Å². The third-order valence-corrected chi connectivity index (χ3v) is 16.1. The van der Waals surface area contributed by atoms with Gasteiger partial charge in [-0.25, -0.2) is 0 Å². The molecule has 0 bridgehead atoms. The summed E-state index contributed by atoms with van der Waals surface area (Å²) in [4.78, 5) is 38.5. The lowest BCUT2D eigenvalue weighted by Crippen LogP contribution is -2.30. The van der Waals surface area contributed by atoms with E-state index in [9.17, 15) is 14.4 Å². The van der Waals surface area contributed by atoms with Gasteiger partial charge in [0.05, 0.1) is 0 Å². The zero-order valence-corrected chi connectivity index (χ0v) is 53.9. The largest absolute Gasteiger partial charge is 0.462 e. The summed E-state index contributed by atoms with van der Waals surface area (Å²) >= 11 is 0. The first kappa shape index (κ1) is 77.4. The standard InChI is InChI=1S/C74H136O6/c1-4-7-10-13-16-19-22-25-28-31-34-36-38-40-43-46-49-52-55-58-61-64-67-73(76)79-70-71(69-78-72(75)66-63-60-57-54-51-48-45-42-39-33-30-27-24-21-18-15-12-9-6-3)80-74(77)68-65-62-59-56-53-50-47-44-41-37-35-32-29-26-23-20-17-14-11-8-5-2/h18,21,23,26-27,30,32,35,71H,4-17,19-20,22,24-25,28-29,31,33-34,36-70H2,1-3H3/b21-18-,26-23-,30-27-,35-32-. The normalized spacial score (nSPS) is 12.3. The average Bonchev–Trinajstić information content (AvgIpc) is 3.46. The van der Waals surface area contributed by atoms with Crippen molar-refractivity contribution in [1.82, 2.24) is 0 Å². The first-order valence-electron chi connectivity index (χ1n) is 35.6. The molecular formula is C74H136O6. The SMILES string of the molecule is CCCCC/C=C\C/C=C\CCCCCCCCCCCC(=O)OCC(COC(=O)CCCCCCCCCCCCCCCCCCCCCCCC)OC(=O)CCCCCCCCCCC/C=C\C/C=C\CCCCCCC. The topological polar surface area (TPSA) is 78.9 Å². The summed E-state index contributed by atoms with van der Waals surface area (Å²) in [5.74, 6) is -0.852. The summed E-state index contributed by atoms with van der Waals surface area (Å²) in [7, 11) is 0. The van der Waals surface area contributed by atoms with Crippen LogP contribution in [0.25, 0.3) is 0 Å². The minimum Gasteiger partial charge on any atom is -0.462 e. The molecule has 0 radical (unpaired) electrons. The van der Waals surface area contributed by atoms with Crippen LogP contribution in [0.2, 0.25) is 0 Å².